The zero-order chi connectivity index (χ0) is 11.5. The van der Waals surface area contributed by atoms with Crippen LogP contribution in [0.15, 0.2) is 30.5 Å². The molecular weight excluding hydrogens is 196 g/mol. The Morgan fingerprint density at radius 1 is 1.12 bits per heavy atom. The highest BCUT2D eigenvalue weighted by Gasteiger charge is 2.03. The first-order valence-electron chi connectivity index (χ1n) is 5.27. The Hall–Kier alpha value is -2.01. The van der Waals surface area contributed by atoms with Gasteiger partial charge in [0.25, 0.3) is 0 Å². The first-order valence-corrected chi connectivity index (χ1v) is 5.27. The molecule has 1 aromatic heterocycles. The average Bonchev–Trinajstić information content (AvgIpc) is 2.62. The average molecular weight is 210 g/mol. The molecule has 2 nitrogen and oxygen atoms in total. The Balaban J connectivity index is 2.43. The van der Waals surface area contributed by atoms with Gasteiger partial charge in [0.05, 0.1) is 16.9 Å². The number of aryl methyl sites for hydroxylation is 2. The summed E-state index contributed by atoms with van der Waals surface area (Å²) in [5.41, 5.74) is 4.28. The molecule has 0 saturated heterocycles. The minimum atomic E-state index is 0.968. The van der Waals surface area contributed by atoms with Crippen molar-refractivity contribution in [3.05, 3.63) is 47.3 Å². The predicted octanol–water partition coefficient (Wildman–Crippen LogP) is 2.86. The van der Waals surface area contributed by atoms with Gasteiger partial charge in [-0.2, -0.15) is 5.10 Å². The van der Waals surface area contributed by atoms with Gasteiger partial charge in [0, 0.05) is 6.20 Å². The third-order valence-corrected chi connectivity index (χ3v) is 2.46. The Bertz CT molecular complexity index is 551. The molecule has 80 valence electrons. The second-order valence-corrected chi connectivity index (χ2v) is 3.78. The summed E-state index contributed by atoms with van der Waals surface area (Å²) in [5, 5.41) is 4.44. The lowest BCUT2D eigenvalue weighted by atomic mass is 10.2. The Morgan fingerprint density at radius 3 is 2.44 bits per heavy atom. The van der Waals surface area contributed by atoms with Crippen LogP contribution in [-0.4, -0.2) is 9.78 Å². The van der Waals surface area contributed by atoms with E-state index in [1.165, 1.54) is 5.56 Å². The molecule has 0 spiro atoms. The van der Waals surface area contributed by atoms with Crippen LogP contribution < -0.4 is 0 Å². The smallest absolute Gasteiger partial charge is 0.0754 e. The van der Waals surface area contributed by atoms with Crippen LogP contribution in [0.25, 0.3) is 5.69 Å². The first kappa shape index (κ1) is 10.5. The van der Waals surface area contributed by atoms with E-state index in [-0.39, 0.29) is 0 Å². The summed E-state index contributed by atoms with van der Waals surface area (Å²) in [6.45, 7) is 5.89. The number of benzene rings is 1. The lowest BCUT2D eigenvalue weighted by Crippen LogP contribution is -1.94. The summed E-state index contributed by atoms with van der Waals surface area (Å²) >= 11 is 0. The summed E-state index contributed by atoms with van der Waals surface area (Å²) in [6.07, 6.45) is 1.97. The van der Waals surface area contributed by atoms with Crippen LogP contribution in [0.5, 0.6) is 0 Å². The van der Waals surface area contributed by atoms with E-state index in [1.807, 2.05) is 24.7 Å². The maximum absolute atomic E-state index is 4.44. The highest BCUT2D eigenvalue weighted by Crippen LogP contribution is 2.11. The minimum Gasteiger partial charge on any atom is -0.239 e. The van der Waals surface area contributed by atoms with Crippen molar-refractivity contribution in [2.45, 2.75) is 20.8 Å². The summed E-state index contributed by atoms with van der Waals surface area (Å²) < 4.78 is 1.87. The van der Waals surface area contributed by atoms with Crippen LogP contribution >= 0.6 is 0 Å². The number of rotatable bonds is 1. The van der Waals surface area contributed by atoms with Gasteiger partial charge in [-0.05, 0) is 32.9 Å². The van der Waals surface area contributed by atoms with Crippen LogP contribution in [0.2, 0.25) is 0 Å². The molecule has 1 aromatic carbocycles. The van der Waals surface area contributed by atoms with Crippen molar-refractivity contribution in [1.29, 1.82) is 0 Å². The molecule has 2 aromatic rings. The van der Waals surface area contributed by atoms with E-state index in [9.17, 15) is 0 Å². The number of aromatic nitrogens is 2. The first-order chi connectivity index (χ1) is 7.70. The van der Waals surface area contributed by atoms with Crippen LogP contribution in [-0.2, 0) is 0 Å². The van der Waals surface area contributed by atoms with Gasteiger partial charge in [-0.1, -0.05) is 23.6 Å². The normalized spacial score (nSPS) is 9.69. The topological polar surface area (TPSA) is 17.8 Å². The van der Waals surface area contributed by atoms with E-state index in [0.29, 0.717) is 0 Å². The van der Waals surface area contributed by atoms with Crippen molar-refractivity contribution in [2.75, 3.05) is 0 Å². The number of nitrogens with zero attached hydrogens (tertiary/aromatic N) is 2. The SMILES string of the molecule is CC#Cc1cn(-c2ccc(C)cc2)nc1C. The lowest BCUT2D eigenvalue weighted by Gasteiger charge is -2.00. The van der Waals surface area contributed by atoms with Crippen LogP contribution in [0.3, 0.4) is 0 Å². The van der Waals surface area contributed by atoms with Crippen molar-refractivity contribution in [3.8, 4) is 17.5 Å². The molecule has 0 saturated carbocycles. The molecule has 0 N–H and O–H groups in total. The highest BCUT2D eigenvalue weighted by atomic mass is 15.3. The Morgan fingerprint density at radius 2 is 1.81 bits per heavy atom. The number of hydrogen-bond donors (Lipinski definition) is 0. The molecule has 0 bridgehead atoms. The van der Waals surface area contributed by atoms with Crippen molar-refractivity contribution >= 4 is 0 Å². The van der Waals surface area contributed by atoms with Gasteiger partial charge in [0.15, 0.2) is 0 Å². The molecule has 16 heavy (non-hydrogen) atoms. The molecule has 0 aliphatic carbocycles. The maximum Gasteiger partial charge on any atom is 0.0754 e. The van der Waals surface area contributed by atoms with E-state index >= 15 is 0 Å². The molecule has 0 radical (unpaired) electrons. The molecule has 2 heteroatoms. The second-order valence-electron chi connectivity index (χ2n) is 3.78. The van der Waals surface area contributed by atoms with Gasteiger partial charge in [-0.25, -0.2) is 4.68 Å². The molecule has 0 fully saturated rings. The van der Waals surface area contributed by atoms with Gasteiger partial charge in [-0.3, -0.25) is 0 Å². The summed E-state index contributed by atoms with van der Waals surface area (Å²) in [6, 6.07) is 8.28. The van der Waals surface area contributed by atoms with E-state index < -0.39 is 0 Å². The van der Waals surface area contributed by atoms with Crippen molar-refractivity contribution < 1.29 is 0 Å². The van der Waals surface area contributed by atoms with Gasteiger partial charge >= 0.3 is 0 Å². The fourth-order valence-corrected chi connectivity index (χ4v) is 1.55. The summed E-state index contributed by atoms with van der Waals surface area (Å²) in [5.74, 6) is 5.94. The standard InChI is InChI=1S/C14H14N2/c1-4-5-13-10-16(15-12(13)3)14-8-6-11(2)7-9-14/h6-10H,1-3H3. The second kappa shape index (κ2) is 4.24. The fourth-order valence-electron chi connectivity index (χ4n) is 1.55. The molecule has 0 unspecified atom stereocenters. The van der Waals surface area contributed by atoms with Crippen LogP contribution in [0.1, 0.15) is 23.7 Å². The summed E-state index contributed by atoms with van der Waals surface area (Å²) in [4.78, 5) is 0. The third-order valence-electron chi connectivity index (χ3n) is 2.46. The Labute approximate surface area is 95.9 Å². The molecule has 0 atom stereocenters. The predicted molar refractivity (Wildman–Crippen MR) is 65.6 cm³/mol. The van der Waals surface area contributed by atoms with Gasteiger partial charge in [0.2, 0.25) is 0 Å². The van der Waals surface area contributed by atoms with Crippen molar-refractivity contribution in [2.24, 2.45) is 0 Å². The van der Waals surface area contributed by atoms with Gasteiger partial charge < -0.3 is 0 Å². The Kier molecular flexibility index (Phi) is 2.78. The van der Waals surface area contributed by atoms with E-state index in [1.54, 1.807) is 0 Å². The fraction of sp³-hybridized carbons (Fsp3) is 0.214. The minimum absolute atomic E-state index is 0.968. The van der Waals surface area contributed by atoms with Gasteiger partial charge in [0.1, 0.15) is 0 Å². The van der Waals surface area contributed by atoms with E-state index in [0.717, 1.165) is 16.9 Å². The lowest BCUT2D eigenvalue weighted by molar-refractivity contribution is 0.862. The summed E-state index contributed by atoms with van der Waals surface area (Å²) in [7, 11) is 0. The monoisotopic (exact) mass is 210 g/mol. The zero-order valence-electron chi connectivity index (χ0n) is 9.78. The van der Waals surface area contributed by atoms with E-state index in [4.69, 9.17) is 0 Å². The number of hydrogen-bond acceptors (Lipinski definition) is 1. The molecule has 2 rings (SSSR count). The zero-order valence-corrected chi connectivity index (χ0v) is 9.78. The molecular formula is C14H14N2. The molecule has 0 amide bonds. The van der Waals surface area contributed by atoms with E-state index in [2.05, 4.69) is 48.1 Å². The van der Waals surface area contributed by atoms with Crippen LogP contribution in [0.4, 0.5) is 0 Å². The largest absolute Gasteiger partial charge is 0.239 e. The van der Waals surface area contributed by atoms with Crippen LogP contribution in [0, 0.1) is 25.7 Å². The molecule has 1 heterocycles. The third kappa shape index (κ3) is 1.99. The quantitative estimate of drug-likeness (QED) is 0.662. The van der Waals surface area contributed by atoms with Crippen molar-refractivity contribution in [1.82, 2.24) is 9.78 Å². The molecule has 0 aliphatic rings. The van der Waals surface area contributed by atoms with Gasteiger partial charge in [-0.15, -0.1) is 5.92 Å². The maximum atomic E-state index is 4.44. The molecule has 0 aliphatic heterocycles. The highest BCUT2D eigenvalue weighted by molar-refractivity contribution is 5.40. The van der Waals surface area contributed by atoms with Crippen molar-refractivity contribution in [3.63, 3.8) is 0 Å².